The molecule has 142 valence electrons. The van der Waals surface area contributed by atoms with Crippen LogP contribution in [-0.2, 0) is 0 Å². The number of benzene rings is 2. The molecular formula is C22H14ClN3O3. The predicted octanol–water partition coefficient (Wildman–Crippen LogP) is 4.93. The Bertz CT molecular complexity index is 1240. The average molecular weight is 404 g/mol. The van der Waals surface area contributed by atoms with Crippen LogP contribution in [0.15, 0.2) is 67.0 Å². The van der Waals surface area contributed by atoms with Gasteiger partial charge >= 0.3 is 0 Å². The third-order valence-electron chi connectivity index (χ3n) is 4.60. The number of carbonyl (C=O) groups excluding carboxylic acids is 1. The van der Waals surface area contributed by atoms with Crippen molar-refractivity contribution in [1.82, 2.24) is 9.97 Å². The maximum Gasteiger partial charge on any atom is 0.256 e. The minimum Gasteiger partial charge on any atom is -0.454 e. The number of hydrogen-bond donors (Lipinski definition) is 1. The summed E-state index contributed by atoms with van der Waals surface area (Å²) < 4.78 is 10.7. The van der Waals surface area contributed by atoms with Gasteiger partial charge in [-0.25, -0.2) is 4.98 Å². The van der Waals surface area contributed by atoms with Crippen LogP contribution in [-0.4, -0.2) is 22.7 Å². The van der Waals surface area contributed by atoms with E-state index in [2.05, 4.69) is 15.3 Å². The maximum atomic E-state index is 13.2. The van der Waals surface area contributed by atoms with Gasteiger partial charge in [-0.2, -0.15) is 0 Å². The van der Waals surface area contributed by atoms with Gasteiger partial charge in [0.1, 0.15) is 0 Å². The molecule has 1 N–H and O–H groups in total. The average Bonchev–Trinajstić information content (AvgIpc) is 3.21. The Kier molecular flexibility index (Phi) is 4.26. The highest BCUT2D eigenvalue weighted by atomic mass is 35.5. The molecule has 6 nitrogen and oxygen atoms in total. The summed E-state index contributed by atoms with van der Waals surface area (Å²) in [5, 5.41) is 4.12. The van der Waals surface area contributed by atoms with E-state index in [0.717, 1.165) is 5.56 Å². The minimum atomic E-state index is -0.274. The van der Waals surface area contributed by atoms with Crippen molar-refractivity contribution in [1.29, 1.82) is 0 Å². The molecule has 2 aromatic carbocycles. The lowest BCUT2D eigenvalue weighted by molar-refractivity contribution is 0.102. The Balaban J connectivity index is 1.58. The van der Waals surface area contributed by atoms with E-state index in [9.17, 15) is 4.79 Å². The molecule has 0 atom stereocenters. The zero-order valence-electron chi connectivity index (χ0n) is 15.1. The molecule has 0 bridgehead atoms. The van der Waals surface area contributed by atoms with Gasteiger partial charge in [0.05, 0.1) is 16.8 Å². The van der Waals surface area contributed by atoms with Crippen molar-refractivity contribution >= 4 is 34.1 Å². The van der Waals surface area contributed by atoms with Crippen LogP contribution in [0.25, 0.3) is 22.2 Å². The molecule has 3 heterocycles. The van der Waals surface area contributed by atoms with E-state index in [1.807, 2.05) is 12.1 Å². The second-order valence-electron chi connectivity index (χ2n) is 6.48. The third-order valence-corrected chi connectivity index (χ3v) is 4.84. The molecule has 0 unspecified atom stereocenters. The molecule has 29 heavy (non-hydrogen) atoms. The highest BCUT2D eigenvalue weighted by Gasteiger charge is 2.17. The number of nitrogens with zero attached hydrogens (tertiary/aromatic N) is 2. The smallest absolute Gasteiger partial charge is 0.256 e. The van der Waals surface area contributed by atoms with Gasteiger partial charge in [0.15, 0.2) is 11.5 Å². The molecule has 0 saturated carbocycles. The lowest BCUT2D eigenvalue weighted by atomic mass is 10.0. The molecule has 4 aromatic rings. The van der Waals surface area contributed by atoms with E-state index in [0.29, 0.717) is 44.4 Å². The minimum absolute atomic E-state index is 0.175. The highest BCUT2D eigenvalue weighted by molar-refractivity contribution is 6.31. The second-order valence-corrected chi connectivity index (χ2v) is 6.92. The first-order chi connectivity index (χ1) is 14.2. The van der Waals surface area contributed by atoms with E-state index in [1.54, 1.807) is 54.9 Å². The first kappa shape index (κ1) is 17.5. The number of hydrogen-bond acceptors (Lipinski definition) is 5. The van der Waals surface area contributed by atoms with Crippen molar-refractivity contribution in [3.63, 3.8) is 0 Å². The Morgan fingerprint density at radius 2 is 1.93 bits per heavy atom. The summed E-state index contributed by atoms with van der Waals surface area (Å²) in [6.45, 7) is 0.175. The van der Waals surface area contributed by atoms with Crippen molar-refractivity contribution in [3.05, 3.63) is 77.6 Å². The summed E-state index contributed by atoms with van der Waals surface area (Å²) in [6, 6.07) is 16.0. The summed E-state index contributed by atoms with van der Waals surface area (Å²) >= 11 is 6.18. The van der Waals surface area contributed by atoms with Crippen LogP contribution < -0.4 is 14.8 Å². The summed E-state index contributed by atoms with van der Waals surface area (Å²) in [6.07, 6.45) is 3.40. The van der Waals surface area contributed by atoms with E-state index in [-0.39, 0.29) is 12.7 Å². The molecule has 1 aliphatic heterocycles. The normalized spacial score (nSPS) is 12.2. The Labute approximate surface area is 171 Å². The zero-order valence-corrected chi connectivity index (χ0v) is 15.8. The molecule has 2 aromatic heterocycles. The predicted molar refractivity (Wildman–Crippen MR) is 111 cm³/mol. The summed E-state index contributed by atoms with van der Waals surface area (Å²) in [5.41, 5.74) is 3.22. The number of fused-ring (bicyclic) bond motifs is 2. The van der Waals surface area contributed by atoms with E-state index >= 15 is 0 Å². The molecule has 0 fully saturated rings. The number of ether oxygens (including phenoxy) is 2. The molecule has 0 radical (unpaired) electrons. The van der Waals surface area contributed by atoms with Crippen molar-refractivity contribution in [3.8, 4) is 22.8 Å². The standard InChI is InChI=1S/C22H14ClN3O3/c23-14-3-5-18-16(8-14)17(10-19(26-18)13-2-1-7-24-11-13)22(27)25-15-4-6-20-21(9-15)29-12-28-20/h1-11H,12H2,(H,25,27). The Hall–Kier alpha value is -3.64. The van der Waals surface area contributed by atoms with Crippen molar-refractivity contribution in [2.24, 2.45) is 0 Å². The number of amides is 1. The molecule has 0 aliphatic carbocycles. The SMILES string of the molecule is O=C(Nc1ccc2c(c1)OCO2)c1cc(-c2cccnc2)nc2ccc(Cl)cc12. The summed E-state index contributed by atoms with van der Waals surface area (Å²) in [7, 11) is 0. The number of nitrogens with one attached hydrogen (secondary N) is 1. The number of anilines is 1. The van der Waals surface area contributed by atoms with Crippen LogP contribution in [0.5, 0.6) is 11.5 Å². The van der Waals surface area contributed by atoms with Crippen LogP contribution >= 0.6 is 11.6 Å². The van der Waals surface area contributed by atoms with Crippen LogP contribution in [0.2, 0.25) is 5.02 Å². The van der Waals surface area contributed by atoms with Gasteiger partial charge in [0.25, 0.3) is 5.91 Å². The lowest BCUT2D eigenvalue weighted by Crippen LogP contribution is -2.13. The van der Waals surface area contributed by atoms with Crippen LogP contribution in [0.1, 0.15) is 10.4 Å². The lowest BCUT2D eigenvalue weighted by Gasteiger charge is -2.11. The third kappa shape index (κ3) is 3.34. The van der Waals surface area contributed by atoms with Gasteiger partial charge in [0.2, 0.25) is 6.79 Å². The van der Waals surface area contributed by atoms with Crippen LogP contribution in [0.3, 0.4) is 0 Å². The van der Waals surface area contributed by atoms with Gasteiger partial charge in [-0.3, -0.25) is 9.78 Å². The first-order valence-corrected chi connectivity index (χ1v) is 9.27. The number of rotatable bonds is 3. The van der Waals surface area contributed by atoms with Crippen LogP contribution in [0, 0.1) is 0 Å². The topological polar surface area (TPSA) is 73.3 Å². The van der Waals surface area contributed by atoms with Crippen molar-refractivity contribution in [2.45, 2.75) is 0 Å². The molecule has 5 rings (SSSR count). The van der Waals surface area contributed by atoms with Gasteiger partial charge in [-0.15, -0.1) is 0 Å². The number of carbonyl (C=O) groups is 1. The van der Waals surface area contributed by atoms with E-state index in [4.69, 9.17) is 21.1 Å². The fraction of sp³-hybridized carbons (Fsp3) is 0.0455. The molecule has 1 aliphatic rings. The molecular weight excluding hydrogens is 390 g/mol. The monoisotopic (exact) mass is 403 g/mol. The van der Waals surface area contributed by atoms with Gasteiger partial charge < -0.3 is 14.8 Å². The quantitative estimate of drug-likeness (QED) is 0.525. The highest BCUT2D eigenvalue weighted by Crippen LogP contribution is 2.34. The Morgan fingerprint density at radius 1 is 1.03 bits per heavy atom. The van der Waals surface area contributed by atoms with Gasteiger partial charge in [-0.1, -0.05) is 11.6 Å². The molecule has 1 amide bonds. The maximum absolute atomic E-state index is 13.2. The number of pyridine rings is 2. The largest absolute Gasteiger partial charge is 0.454 e. The fourth-order valence-corrected chi connectivity index (χ4v) is 3.39. The van der Waals surface area contributed by atoms with Gasteiger partial charge in [0, 0.05) is 40.1 Å². The summed E-state index contributed by atoms with van der Waals surface area (Å²) in [5.74, 6) is 0.980. The molecule has 0 spiro atoms. The number of halogens is 1. The molecule has 7 heteroatoms. The van der Waals surface area contributed by atoms with Crippen LogP contribution in [0.4, 0.5) is 5.69 Å². The first-order valence-electron chi connectivity index (χ1n) is 8.89. The van der Waals surface area contributed by atoms with Crippen molar-refractivity contribution < 1.29 is 14.3 Å². The second kappa shape index (κ2) is 7.07. The number of aromatic nitrogens is 2. The van der Waals surface area contributed by atoms with E-state index in [1.165, 1.54) is 0 Å². The zero-order chi connectivity index (χ0) is 19.8. The summed E-state index contributed by atoms with van der Waals surface area (Å²) in [4.78, 5) is 22.0. The Morgan fingerprint density at radius 3 is 2.79 bits per heavy atom. The van der Waals surface area contributed by atoms with E-state index < -0.39 is 0 Å². The molecule has 0 saturated heterocycles. The van der Waals surface area contributed by atoms with Crippen molar-refractivity contribution in [2.75, 3.05) is 12.1 Å². The fourth-order valence-electron chi connectivity index (χ4n) is 3.22. The van der Waals surface area contributed by atoms with Gasteiger partial charge in [-0.05, 0) is 48.5 Å².